The van der Waals surface area contributed by atoms with Crippen LogP contribution in [0.5, 0.6) is 0 Å². The first-order chi connectivity index (χ1) is 9.87. The zero-order valence-corrected chi connectivity index (χ0v) is 24.0. The van der Waals surface area contributed by atoms with Crippen LogP contribution in [0.3, 0.4) is 0 Å². The molecule has 1 aromatic rings. The molecule has 25 heavy (non-hydrogen) atoms. The Hall–Kier alpha value is 0.327. The minimum Gasteiger partial charge on any atom is -0.147 e. The third-order valence-electron chi connectivity index (χ3n) is 6.02. The molecule has 2 rings (SSSR count). The molecule has 0 aromatic heterocycles. The summed E-state index contributed by atoms with van der Waals surface area (Å²) in [5.41, 5.74) is 0.0702. The molecule has 1 N–H and O–H groups in total. The summed E-state index contributed by atoms with van der Waals surface area (Å²) in [5.74, 6) is 0. The fourth-order valence-corrected chi connectivity index (χ4v) is 74.4. The number of hydrogen-bond acceptors (Lipinski definition) is 1. The average Bonchev–Trinajstić information content (AvgIpc) is 2.79. The van der Waals surface area contributed by atoms with Gasteiger partial charge in [-0.1, -0.05) is 0 Å². The van der Waals surface area contributed by atoms with E-state index in [1.807, 2.05) is 0 Å². The molecule has 146 valence electrons. The molecular formula is C20H39Cl2HfNSi. The van der Waals surface area contributed by atoms with E-state index in [0.717, 1.165) is 6.42 Å². The van der Waals surface area contributed by atoms with Gasteiger partial charge in [0, 0.05) is 0 Å². The predicted octanol–water partition coefficient (Wildman–Crippen LogP) is 5.92. The van der Waals surface area contributed by atoms with E-state index in [0.29, 0.717) is 0 Å². The van der Waals surface area contributed by atoms with E-state index in [-0.39, 0.29) is 30.4 Å². The van der Waals surface area contributed by atoms with Crippen molar-refractivity contribution in [2.24, 2.45) is 0 Å². The molecule has 1 aromatic carbocycles. The van der Waals surface area contributed by atoms with E-state index in [4.69, 9.17) is 0 Å². The first-order valence-corrected chi connectivity index (χ1v) is 39.7. The summed E-state index contributed by atoms with van der Waals surface area (Å²) in [6, 6.07) is 11.2. The fourth-order valence-electron chi connectivity index (χ4n) is 5.98. The maximum Gasteiger partial charge on any atom is -0.147 e. The van der Waals surface area contributed by atoms with Crippen LogP contribution in [0.25, 0.3) is 0 Å². The summed E-state index contributed by atoms with van der Waals surface area (Å²) in [5, 5.41) is 1.56. The maximum absolute atomic E-state index is 4.86. The quantitative estimate of drug-likeness (QED) is 0.443. The van der Waals surface area contributed by atoms with Gasteiger partial charge < -0.3 is 0 Å². The van der Waals surface area contributed by atoms with E-state index in [1.165, 1.54) is 0 Å². The molecule has 0 saturated heterocycles. The van der Waals surface area contributed by atoms with Crippen LogP contribution in [-0.4, -0.2) is 12.2 Å². The summed E-state index contributed by atoms with van der Waals surface area (Å²) >= 11 is -4.86. The second-order valence-corrected chi connectivity index (χ2v) is 128. The Morgan fingerprint density at radius 1 is 0.920 bits per heavy atom. The molecule has 0 atom stereocenters. The standard InChI is InChI=1S/C6H7Si.C5H5.C4H10N.5CH3.2ClH.Hf/c7-6-4-2-1-3-5-6;1-2-4-5-3-1;1-4(2,3)5;;;;;;;;/h1-5H,7H2;1-3H,4H2;5H,1-3H3;5*1H3;2*1H;/q;;-1;;;;;;;;+1. The van der Waals surface area contributed by atoms with Gasteiger partial charge in [0.1, 0.15) is 0 Å². The molecule has 0 amide bonds. The number of nitrogens with one attached hydrogen (secondary N) is 1. The van der Waals surface area contributed by atoms with Crippen molar-refractivity contribution in [3.05, 3.63) is 51.9 Å². The monoisotopic (exact) mass is 571 g/mol. The number of benzene rings is 1. The Morgan fingerprint density at radius 2 is 1.44 bits per heavy atom. The smallest absolute Gasteiger partial charge is 0.147 e. The number of hydrogen-bond donors (Lipinski definition) is 1. The third-order valence-corrected chi connectivity index (χ3v) is 65.4. The number of allylic oxidation sites excluding steroid dienone is 4. The molecule has 0 bridgehead atoms. The van der Waals surface area contributed by atoms with Gasteiger partial charge in [-0.2, -0.15) is 0 Å². The van der Waals surface area contributed by atoms with Crippen molar-refractivity contribution in [2.75, 3.05) is 0 Å². The van der Waals surface area contributed by atoms with Crippen LogP contribution in [0, 0.1) is 0 Å². The van der Waals surface area contributed by atoms with Crippen molar-refractivity contribution in [1.82, 2.24) is 3.30 Å². The Kier molecular flexibility index (Phi) is 5.09. The van der Waals surface area contributed by atoms with Crippen LogP contribution in [0.15, 0.2) is 51.9 Å². The summed E-state index contributed by atoms with van der Waals surface area (Å²) < 4.78 is 19.3. The molecule has 1 nitrogen and oxygen atoms in total. The normalized spacial score (nSPS) is 21.2. The van der Waals surface area contributed by atoms with Gasteiger partial charge in [0.2, 0.25) is 0 Å². The maximum atomic E-state index is 4.37. The van der Waals surface area contributed by atoms with E-state index < -0.39 is 20.3 Å². The molecule has 1 aliphatic rings. The largest absolute Gasteiger partial charge is 0.147 e. The van der Waals surface area contributed by atoms with Crippen LogP contribution in [0.1, 0.15) is 27.2 Å². The molecule has 0 heterocycles. The molecule has 0 spiro atoms. The van der Waals surface area contributed by atoms with Crippen LogP contribution in [0.4, 0.5) is 0 Å². The van der Waals surface area contributed by atoms with Crippen molar-refractivity contribution in [2.45, 2.75) is 56.1 Å². The topological polar surface area (TPSA) is 12.0 Å². The van der Waals surface area contributed by atoms with E-state index in [9.17, 15) is 0 Å². The first kappa shape index (κ1) is 25.3. The van der Waals surface area contributed by atoms with E-state index >= 15 is 0 Å². The molecule has 1 aliphatic carbocycles. The Morgan fingerprint density at radius 3 is 1.84 bits per heavy atom. The number of rotatable bonds is 4. The summed E-state index contributed by atoms with van der Waals surface area (Å²) in [6.45, 7) is 6.35. The second-order valence-electron chi connectivity index (χ2n) is 15.1. The van der Waals surface area contributed by atoms with Gasteiger partial charge in [-0.15, -0.1) is 24.8 Å². The molecular weight excluding hydrogens is 532 g/mol. The summed E-state index contributed by atoms with van der Waals surface area (Å²) in [7, 11) is 0. The summed E-state index contributed by atoms with van der Waals surface area (Å²) in [4.78, 5) is 0. The minimum atomic E-state index is -4.86. The molecule has 0 aliphatic heterocycles. The van der Waals surface area contributed by atoms with Gasteiger partial charge in [0.15, 0.2) is 0 Å². The molecule has 0 saturated carbocycles. The predicted molar refractivity (Wildman–Crippen MR) is 123 cm³/mol. The van der Waals surface area contributed by atoms with E-state index in [2.05, 4.69) is 96.0 Å². The fraction of sp³-hybridized carbons (Fsp3) is 0.500. The number of halogens is 2. The van der Waals surface area contributed by atoms with Crippen LogP contribution >= 0.6 is 24.8 Å². The average molecular weight is 571 g/mol. The van der Waals surface area contributed by atoms with Crippen molar-refractivity contribution in [3.8, 4) is 0 Å². The molecule has 0 unspecified atom stereocenters. The summed E-state index contributed by atoms with van der Waals surface area (Å²) in [6.07, 6.45) is 8.10. The van der Waals surface area contributed by atoms with Crippen molar-refractivity contribution in [3.63, 3.8) is 0 Å². The van der Waals surface area contributed by atoms with Crippen molar-refractivity contribution >= 4 is 36.7 Å². The first-order valence-electron chi connectivity index (χ1n) is 9.08. The zero-order valence-electron chi connectivity index (χ0n) is 17.3. The van der Waals surface area contributed by atoms with Gasteiger partial charge in [0.05, 0.1) is 0 Å². The SMILES string of the molecule is CC(C)(C)[NH][Hf]([CH3])([CH3])([CH3])([CH3])([CH3])([SiH2]c1ccccc1)[C]1=CC=CC1.Cl.Cl. The van der Waals surface area contributed by atoms with Crippen LogP contribution in [-0.2, 0) is 13.6 Å². The Balaban J connectivity index is 0.00000288. The zero-order chi connectivity index (χ0) is 17.8. The second kappa shape index (κ2) is 5.02. The van der Waals surface area contributed by atoms with E-state index in [1.54, 1.807) is 8.52 Å². The van der Waals surface area contributed by atoms with Gasteiger partial charge in [-0.05, 0) is 0 Å². The molecule has 5 heteroatoms. The van der Waals surface area contributed by atoms with Gasteiger partial charge in [-0.3, -0.25) is 0 Å². The minimum absolute atomic E-state index is 0. The van der Waals surface area contributed by atoms with Crippen LogP contribution in [0.2, 0.25) is 23.4 Å². The van der Waals surface area contributed by atoms with Crippen LogP contribution < -0.4 is 8.49 Å². The van der Waals surface area contributed by atoms with Crippen molar-refractivity contribution in [1.29, 1.82) is 0 Å². The van der Waals surface area contributed by atoms with Gasteiger partial charge in [0.25, 0.3) is 0 Å². The molecule has 0 radical (unpaired) electrons. The van der Waals surface area contributed by atoms with Gasteiger partial charge in [-0.25, -0.2) is 0 Å². The third kappa shape index (κ3) is 5.19. The Labute approximate surface area is 160 Å². The van der Waals surface area contributed by atoms with Crippen molar-refractivity contribution < 1.29 is 13.6 Å². The van der Waals surface area contributed by atoms with Gasteiger partial charge >= 0.3 is 137 Å². The molecule has 0 fully saturated rings. The Bertz CT molecular complexity index is 751.